The average Bonchev–Trinajstić information content (AvgIpc) is 2.92. The number of hydrogen-bond donors (Lipinski definition) is 1. The number of halogens is 1. The number of benzene rings is 1. The van der Waals surface area contributed by atoms with Gasteiger partial charge in [-0.3, -0.25) is 4.79 Å². The van der Waals surface area contributed by atoms with Crippen molar-refractivity contribution in [1.82, 2.24) is 10.2 Å². The van der Waals surface area contributed by atoms with Gasteiger partial charge < -0.3 is 10.2 Å². The molecular weight excluding hydrogens is 272 g/mol. The van der Waals surface area contributed by atoms with Gasteiger partial charge in [-0.1, -0.05) is 38.1 Å². The van der Waals surface area contributed by atoms with Gasteiger partial charge in [0.05, 0.1) is 6.04 Å². The van der Waals surface area contributed by atoms with Crippen LogP contribution in [0.1, 0.15) is 43.7 Å². The van der Waals surface area contributed by atoms with Gasteiger partial charge in [0.2, 0.25) is 5.91 Å². The van der Waals surface area contributed by atoms with Gasteiger partial charge in [-0.25, -0.2) is 0 Å². The summed E-state index contributed by atoms with van der Waals surface area (Å²) in [5.74, 6) is 0.765. The molecule has 3 nitrogen and oxygen atoms in total. The van der Waals surface area contributed by atoms with Gasteiger partial charge in [-0.05, 0) is 36.4 Å². The highest BCUT2D eigenvalue weighted by atomic mass is 35.5. The fourth-order valence-electron chi connectivity index (χ4n) is 2.52. The van der Waals surface area contributed by atoms with Crippen molar-refractivity contribution in [2.24, 2.45) is 0 Å². The zero-order chi connectivity index (χ0) is 13.8. The first kappa shape index (κ1) is 17.0. The number of nitrogens with one attached hydrogen (secondary N) is 1. The maximum atomic E-state index is 12.2. The van der Waals surface area contributed by atoms with Crippen LogP contribution < -0.4 is 5.32 Å². The molecule has 1 aromatic rings. The Hall–Kier alpha value is -1.06. The lowest BCUT2D eigenvalue weighted by molar-refractivity contribution is -0.132. The molecule has 1 saturated heterocycles. The molecule has 20 heavy (non-hydrogen) atoms. The van der Waals surface area contributed by atoms with Crippen molar-refractivity contribution >= 4 is 18.3 Å². The van der Waals surface area contributed by atoms with Crippen molar-refractivity contribution in [3.63, 3.8) is 0 Å². The fraction of sp³-hybridized carbons (Fsp3) is 0.562. The Balaban J connectivity index is 0.00000200. The molecule has 2 rings (SSSR count). The van der Waals surface area contributed by atoms with Gasteiger partial charge in [0, 0.05) is 13.6 Å². The molecule has 4 heteroatoms. The molecule has 112 valence electrons. The van der Waals surface area contributed by atoms with Gasteiger partial charge >= 0.3 is 0 Å². The topological polar surface area (TPSA) is 32.3 Å². The summed E-state index contributed by atoms with van der Waals surface area (Å²) in [6.07, 6.45) is 2.07. The molecule has 1 heterocycles. The highest BCUT2D eigenvalue weighted by Gasteiger charge is 2.24. The van der Waals surface area contributed by atoms with Crippen LogP contribution in [0.4, 0.5) is 0 Å². The predicted molar refractivity (Wildman–Crippen MR) is 85.3 cm³/mol. The highest BCUT2D eigenvalue weighted by molar-refractivity contribution is 5.85. The number of hydrogen-bond acceptors (Lipinski definition) is 2. The Labute approximate surface area is 128 Å². The minimum absolute atomic E-state index is 0. The van der Waals surface area contributed by atoms with Crippen molar-refractivity contribution < 1.29 is 4.79 Å². The largest absolute Gasteiger partial charge is 0.340 e. The monoisotopic (exact) mass is 296 g/mol. The third-order valence-corrected chi connectivity index (χ3v) is 3.80. The Morgan fingerprint density at radius 1 is 1.35 bits per heavy atom. The Morgan fingerprint density at radius 2 is 2.00 bits per heavy atom. The molecule has 1 amide bonds. The highest BCUT2D eigenvalue weighted by Crippen LogP contribution is 2.16. The van der Waals surface area contributed by atoms with Gasteiger partial charge in [-0.15, -0.1) is 12.4 Å². The van der Waals surface area contributed by atoms with E-state index in [0.717, 1.165) is 19.4 Å². The Morgan fingerprint density at radius 3 is 2.50 bits per heavy atom. The fourth-order valence-corrected chi connectivity index (χ4v) is 2.52. The third kappa shape index (κ3) is 4.22. The minimum atomic E-state index is 0. The zero-order valence-corrected chi connectivity index (χ0v) is 13.4. The number of nitrogens with zero attached hydrogens (tertiary/aromatic N) is 1. The minimum Gasteiger partial charge on any atom is -0.340 e. The lowest BCUT2D eigenvalue weighted by atomic mass is 10.0. The van der Waals surface area contributed by atoms with Crippen molar-refractivity contribution in [3.8, 4) is 0 Å². The number of carbonyl (C=O) groups is 1. The molecule has 0 unspecified atom stereocenters. The molecule has 1 aliphatic rings. The molecule has 1 N–H and O–H groups in total. The zero-order valence-electron chi connectivity index (χ0n) is 12.6. The Kier molecular flexibility index (Phi) is 6.50. The van der Waals surface area contributed by atoms with Gasteiger partial charge in [0.25, 0.3) is 0 Å². The number of carbonyl (C=O) groups excluding carboxylic acids is 1. The summed E-state index contributed by atoms with van der Waals surface area (Å²) < 4.78 is 0. The second kappa shape index (κ2) is 7.65. The van der Waals surface area contributed by atoms with Crippen LogP contribution in [-0.4, -0.2) is 30.4 Å². The summed E-state index contributed by atoms with van der Waals surface area (Å²) in [6, 6.07) is 8.60. The van der Waals surface area contributed by atoms with Crippen molar-refractivity contribution in [1.29, 1.82) is 0 Å². The van der Waals surface area contributed by atoms with E-state index in [1.165, 1.54) is 11.1 Å². The first-order chi connectivity index (χ1) is 9.08. The first-order valence-corrected chi connectivity index (χ1v) is 7.15. The van der Waals surface area contributed by atoms with E-state index in [9.17, 15) is 4.79 Å². The van der Waals surface area contributed by atoms with E-state index in [4.69, 9.17) is 0 Å². The van der Waals surface area contributed by atoms with Crippen LogP contribution in [0, 0.1) is 0 Å². The van der Waals surface area contributed by atoms with Crippen LogP contribution in [-0.2, 0) is 11.3 Å². The van der Waals surface area contributed by atoms with E-state index in [0.29, 0.717) is 12.5 Å². The molecule has 1 fully saturated rings. The number of amides is 1. The maximum absolute atomic E-state index is 12.2. The summed E-state index contributed by atoms with van der Waals surface area (Å²) in [6.45, 7) is 6.04. The lowest BCUT2D eigenvalue weighted by Gasteiger charge is -2.21. The van der Waals surface area contributed by atoms with E-state index in [1.54, 1.807) is 0 Å². The molecule has 0 saturated carbocycles. The summed E-state index contributed by atoms with van der Waals surface area (Å²) in [5, 5.41) is 3.26. The SMILES string of the molecule is CC(C)c1ccc(CN(C)C(=O)[C@@H]2CCCN2)cc1.Cl. The molecule has 1 atom stereocenters. The van der Waals surface area contributed by atoms with Crippen LogP contribution in [0.25, 0.3) is 0 Å². The molecule has 1 aromatic carbocycles. The quantitative estimate of drug-likeness (QED) is 0.926. The average molecular weight is 297 g/mol. The summed E-state index contributed by atoms with van der Waals surface area (Å²) in [4.78, 5) is 14.0. The van der Waals surface area contributed by atoms with Crippen molar-refractivity contribution in [3.05, 3.63) is 35.4 Å². The van der Waals surface area contributed by atoms with Crippen molar-refractivity contribution in [2.75, 3.05) is 13.6 Å². The number of rotatable bonds is 4. The number of likely N-dealkylation sites (N-methyl/N-ethyl adjacent to an activating group) is 1. The molecule has 0 aromatic heterocycles. The van der Waals surface area contributed by atoms with Crippen LogP contribution in [0.5, 0.6) is 0 Å². The summed E-state index contributed by atoms with van der Waals surface area (Å²) in [7, 11) is 1.89. The van der Waals surface area contributed by atoms with E-state index < -0.39 is 0 Å². The lowest BCUT2D eigenvalue weighted by Crippen LogP contribution is -2.41. The van der Waals surface area contributed by atoms with E-state index >= 15 is 0 Å². The van der Waals surface area contributed by atoms with E-state index in [1.807, 2.05) is 11.9 Å². The normalized spacial score (nSPS) is 17.9. The van der Waals surface area contributed by atoms with Gasteiger partial charge in [0.1, 0.15) is 0 Å². The van der Waals surface area contributed by atoms with Gasteiger partial charge in [0.15, 0.2) is 0 Å². The second-order valence-corrected chi connectivity index (χ2v) is 5.74. The van der Waals surface area contributed by atoms with Crippen LogP contribution in [0.3, 0.4) is 0 Å². The molecule has 1 aliphatic heterocycles. The summed E-state index contributed by atoms with van der Waals surface area (Å²) >= 11 is 0. The maximum Gasteiger partial charge on any atom is 0.239 e. The van der Waals surface area contributed by atoms with Crippen molar-refractivity contribution in [2.45, 2.75) is 45.2 Å². The standard InChI is InChI=1S/C16H24N2O.ClH/c1-12(2)14-8-6-13(7-9-14)11-18(3)16(19)15-5-4-10-17-15;/h6-9,12,15,17H,4-5,10-11H2,1-3H3;1H/t15-;/m0./s1. The van der Waals surface area contributed by atoms with Crippen LogP contribution in [0.15, 0.2) is 24.3 Å². The predicted octanol–water partition coefficient (Wildman–Crippen LogP) is 2.94. The third-order valence-electron chi connectivity index (χ3n) is 3.80. The van der Waals surface area contributed by atoms with Crippen LogP contribution in [0.2, 0.25) is 0 Å². The van der Waals surface area contributed by atoms with Crippen LogP contribution >= 0.6 is 12.4 Å². The first-order valence-electron chi connectivity index (χ1n) is 7.15. The molecule has 0 bridgehead atoms. The van der Waals surface area contributed by atoms with E-state index in [-0.39, 0.29) is 24.4 Å². The second-order valence-electron chi connectivity index (χ2n) is 5.74. The molecule has 0 radical (unpaired) electrons. The summed E-state index contributed by atoms with van der Waals surface area (Å²) in [5.41, 5.74) is 2.54. The molecule has 0 aliphatic carbocycles. The smallest absolute Gasteiger partial charge is 0.239 e. The molecular formula is C16H25ClN2O. The Bertz CT molecular complexity index is 425. The molecule has 0 spiro atoms. The van der Waals surface area contributed by atoms with Gasteiger partial charge in [-0.2, -0.15) is 0 Å². The van der Waals surface area contributed by atoms with E-state index in [2.05, 4.69) is 43.4 Å².